The summed E-state index contributed by atoms with van der Waals surface area (Å²) in [7, 11) is 0. The second-order valence-electron chi connectivity index (χ2n) is 4.40. The monoisotopic (exact) mass is 304 g/mol. The maximum Gasteiger partial charge on any atom is 0.419 e. The van der Waals surface area contributed by atoms with Gasteiger partial charge in [0.15, 0.2) is 0 Å². The number of hydrogen-bond donors (Lipinski definition) is 1. The zero-order valence-corrected chi connectivity index (χ0v) is 11.6. The van der Waals surface area contributed by atoms with E-state index < -0.39 is 23.6 Å². The van der Waals surface area contributed by atoms with Gasteiger partial charge in [0.2, 0.25) is 0 Å². The first-order valence-electron chi connectivity index (χ1n) is 5.76. The summed E-state index contributed by atoms with van der Waals surface area (Å²) >= 11 is 1.35. The smallest absolute Gasteiger partial charge is 0.320 e. The Balaban J connectivity index is 2.39. The fraction of sp³-hybridized carbons (Fsp3) is 0.308. The third kappa shape index (κ3) is 2.83. The van der Waals surface area contributed by atoms with E-state index in [4.69, 9.17) is 5.73 Å². The number of aryl methyl sites for hydroxylation is 2. The third-order valence-corrected chi connectivity index (χ3v) is 4.04. The van der Waals surface area contributed by atoms with Crippen LogP contribution >= 0.6 is 11.3 Å². The van der Waals surface area contributed by atoms with Crippen LogP contribution in [0.1, 0.15) is 32.7 Å². The average Bonchev–Trinajstić information content (AvgIpc) is 2.65. The van der Waals surface area contributed by atoms with E-state index >= 15 is 0 Å². The fourth-order valence-corrected chi connectivity index (χ4v) is 2.90. The Morgan fingerprint density at radius 3 is 2.35 bits per heavy atom. The van der Waals surface area contributed by atoms with Crippen LogP contribution in [0.5, 0.6) is 0 Å². The van der Waals surface area contributed by atoms with Crippen molar-refractivity contribution in [2.24, 2.45) is 5.73 Å². The number of alkyl halides is 3. The minimum Gasteiger partial charge on any atom is -0.320 e. The zero-order valence-electron chi connectivity index (χ0n) is 10.8. The molecule has 2 nitrogen and oxygen atoms in total. The van der Waals surface area contributed by atoms with Crippen molar-refractivity contribution in [3.63, 3.8) is 0 Å². The van der Waals surface area contributed by atoms with E-state index in [1.807, 2.05) is 0 Å². The lowest BCUT2D eigenvalue weighted by Crippen LogP contribution is -2.14. The molecule has 0 bridgehead atoms. The molecule has 0 aliphatic carbocycles. The molecule has 20 heavy (non-hydrogen) atoms. The molecule has 0 saturated heterocycles. The second-order valence-corrected chi connectivity index (χ2v) is 5.63. The highest BCUT2D eigenvalue weighted by atomic mass is 32.1. The largest absolute Gasteiger partial charge is 0.419 e. The maximum atomic E-state index is 13.5. The highest BCUT2D eigenvalue weighted by molar-refractivity contribution is 7.11. The number of benzene rings is 1. The summed E-state index contributed by atoms with van der Waals surface area (Å²) in [4.78, 5) is 4.93. The van der Waals surface area contributed by atoms with Gasteiger partial charge in [-0.3, -0.25) is 0 Å². The van der Waals surface area contributed by atoms with Crippen molar-refractivity contribution in [3.05, 3.63) is 50.7 Å². The highest BCUT2D eigenvalue weighted by Gasteiger charge is 2.34. The Morgan fingerprint density at radius 2 is 1.90 bits per heavy atom. The van der Waals surface area contributed by atoms with Crippen molar-refractivity contribution in [1.29, 1.82) is 0 Å². The number of hydrogen-bond acceptors (Lipinski definition) is 3. The molecule has 0 spiro atoms. The lowest BCUT2D eigenvalue weighted by molar-refractivity contribution is -0.140. The Morgan fingerprint density at radius 1 is 1.25 bits per heavy atom. The summed E-state index contributed by atoms with van der Waals surface area (Å²) < 4.78 is 51.0. The second kappa shape index (κ2) is 5.14. The van der Waals surface area contributed by atoms with E-state index in [1.54, 1.807) is 13.8 Å². The van der Waals surface area contributed by atoms with Crippen LogP contribution in [0.3, 0.4) is 0 Å². The van der Waals surface area contributed by atoms with Gasteiger partial charge in [-0.1, -0.05) is 6.07 Å². The Hall–Kier alpha value is -1.47. The third-order valence-electron chi connectivity index (χ3n) is 2.88. The molecular formula is C13H12F4N2S. The first-order chi connectivity index (χ1) is 9.20. The molecular weight excluding hydrogens is 292 g/mol. The maximum absolute atomic E-state index is 13.5. The molecule has 1 heterocycles. The number of rotatable bonds is 2. The Kier molecular flexibility index (Phi) is 3.84. The summed E-state index contributed by atoms with van der Waals surface area (Å²) in [5.41, 5.74) is 5.70. The van der Waals surface area contributed by atoms with Gasteiger partial charge < -0.3 is 5.73 Å². The van der Waals surface area contributed by atoms with Crippen molar-refractivity contribution < 1.29 is 17.6 Å². The molecule has 7 heteroatoms. The normalized spacial score (nSPS) is 13.6. The van der Waals surface area contributed by atoms with Crippen molar-refractivity contribution in [2.45, 2.75) is 26.1 Å². The Bertz CT molecular complexity index is 634. The number of nitrogens with two attached hydrogens (primary N) is 1. The van der Waals surface area contributed by atoms with Gasteiger partial charge >= 0.3 is 6.18 Å². The Labute approximate surface area is 117 Å². The standard InChI is InChI=1S/C13H12F4N2S/c1-6-12(20-7(2)19-6)11(18)8-3-4-9(10(14)5-8)13(15,16)17/h3-5,11H,18H2,1-2H3. The molecule has 1 atom stereocenters. The van der Waals surface area contributed by atoms with Gasteiger partial charge in [0.1, 0.15) is 5.82 Å². The molecule has 0 amide bonds. The van der Waals surface area contributed by atoms with Gasteiger partial charge in [-0.25, -0.2) is 9.37 Å². The van der Waals surface area contributed by atoms with Gasteiger partial charge in [-0.2, -0.15) is 13.2 Å². The van der Waals surface area contributed by atoms with Crippen LogP contribution in [-0.4, -0.2) is 4.98 Å². The van der Waals surface area contributed by atoms with Gasteiger partial charge in [-0.15, -0.1) is 11.3 Å². The fourth-order valence-electron chi connectivity index (χ4n) is 1.94. The lowest BCUT2D eigenvalue weighted by atomic mass is 10.0. The van der Waals surface area contributed by atoms with E-state index in [1.165, 1.54) is 17.4 Å². The van der Waals surface area contributed by atoms with Gasteiger partial charge in [0, 0.05) is 4.88 Å². The van der Waals surface area contributed by atoms with Crippen LogP contribution in [0.2, 0.25) is 0 Å². The first-order valence-corrected chi connectivity index (χ1v) is 6.58. The SMILES string of the molecule is Cc1nc(C)c(C(N)c2ccc(C(F)(F)F)c(F)c2)s1. The summed E-state index contributed by atoms with van der Waals surface area (Å²) in [6, 6.07) is 2.07. The number of thiazole rings is 1. The molecule has 0 saturated carbocycles. The highest BCUT2D eigenvalue weighted by Crippen LogP contribution is 2.34. The molecule has 1 unspecified atom stereocenters. The lowest BCUT2D eigenvalue weighted by Gasteiger charge is -2.13. The van der Waals surface area contributed by atoms with E-state index in [9.17, 15) is 17.6 Å². The number of aromatic nitrogens is 1. The molecule has 1 aromatic heterocycles. The minimum atomic E-state index is -4.70. The summed E-state index contributed by atoms with van der Waals surface area (Å²) in [6.45, 7) is 3.57. The van der Waals surface area contributed by atoms with Gasteiger partial charge in [-0.05, 0) is 31.5 Å². The molecule has 108 valence electrons. The summed E-state index contributed by atoms with van der Waals surface area (Å²) in [6.07, 6.45) is -4.70. The van der Waals surface area contributed by atoms with Crippen LogP contribution in [0.15, 0.2) is 18.2 Å². The zero-order chi connectivity index (χ0) is 15.1. The van der Waals surface area contributed by atoms with Crippen molar-refractivity contribution >= 4 is 11.3 Å². The number of halogens is 4. The average molecular weight is 304 g/mol. The van der Waals surface area contributed by atoms with Gasteiger partial charge in [0.05, 0.1) is 22.3 Å². The van der Waals surface area contributed by atoms with E-state index in [0.29, 0.717) is 17.3 Å². The number of nitrogens with zero attached hydrogens (tertiary/aromatic N) is 1. The quantitative estimate of drug-likeness (QED) is 0.853. The predicted molar refractivity (Wildman–Crippen MR) is 69.0 cm³/mol. The molecule has 1 aromatic carbocycles. The molecule has 2 rings (SSSR count). The van der Waals surface area contributed by atoms with E-state index in [-0.39, 0.29) is 0 Å². The molecule has 0 aliphatic heterocycles. The van der Waals surface area contributed by atoms with Crippen LogP contribution in [-0.2, 0) is 6.18 Å². The molecule has 0 fully saturated rings. The first kappa shape index (κ1) is 14.9. The molecule has 0 radical (unpaired) electrons. The van der Waals surface area contributed by atoms with Crippen LogP contribution in [0.4, 0.5) is 17.6 Å². The van der Waals surface area contributed by atoms with Crippen molar-refractivity contribution in [2.75, 3.05) is 0 Å². The van der Waals surface area contributed by atoms with Crippen LogP contribution < -0.4 is 5.73 Å². The van der Waals surface area contributed by atoms with Crippen molar-refractivity contribution in [3.8, 4) is 0 Å². The summed E-state index contributed by atoms with van der Waals surface area (Å²) in [5.74, 6) is -1.32. The van der Waals surface area contributed by atoms with E-state index in [2.05, 4.69) is 4.98 Å². The van der Waals surface area contributed by atoms with Gasteiger partial charge in [0.25, 0.3) is 0 Å². The topological polar surface area (TPSA) is 38.9 Å². The van der Waals surface area contributed by atoms with Crippen LogP contribution in [0, 0.1) is 19.7 Å². The van der Waals surface area contributed by atoms with Crippen molar-refractivity contribution in [1.82, 2.24) is 4.98 Å². The molecule has 2 N–H and O–H groups in total. The predicted octanol–water partition coefficient (Wildman–Crippen LogP) is 3.97. The molecule has 2 aromatic rings. The molecule has 0 aliphatic rings. The van der Waals surface area contributed by atoms with Crippen LogP contribution in [0.25, 0.3) is 0 Å². The minimum absolute atomic E-state index is 0.294. The van der Waals surface area contributed by atoms with E-state index in [0.717, 1.165) is 16.0 Å². The summed E-state index contributed by atoms with van der Waals surface area (Å²) in [5, 5.41) is 0.806.